The lowest BCUT2D eigenvalue weighted by atomic mass is 10.2. The Labute approximate surface area is 119 Å². The molecule has 1 aromatic rings. The van der Waals surface area contributed by atoms with Crippen molar-refractivity contribution >= 4 is 17.5 Å². The zero-order chi connectivity index (χ0) is 14.3. The van der Waals surface area contributed by atoms with Crippen LogP contribution in [0.4, 0.5) is 0 Å². The number of halogens is 1. The van der Waals surface area contributed by atoms with Crippen molar-refractivity contribution in [1.82, 2.24) is 10.2 Å². The lowest BCUT2D eigenvalue weighted by molar-refractivity contribution is -0.132. The van der Waals surface area contributed by atoms with Crippen molar-refractivity contribution in [3.8, 4) is 5.75 Å². The van der Waals surface area contributed by atoms with Crippen molar-refractivity contribution in [2.24, 2.45) is 0 Å². The van der Waals surface area contributed by atoms with Gasteiger partial charge in [-0.05, 0) is 38.6 Å². The molecule has 5 heteroatoms. The first kappa shape index (κ1) is 15.8. The number of nitrogens with zero attached hydrogens (tertiary/aromatic N) is 1. The van der Waals surface area contributed by atoms with E-state index in [2.05, 4.69) is 5.32 Å². The van der Waals surface area contributed by atoms with Gasteiger partial charge < -0.3 is 15.0 Å². The summed E-state index contributed by atoms with van der Waals surface area (Å²) in [5.41, 5.74) is 1.08. The Kier molecular flexibility index (Phi) is 6.67. The van der Waals surface area contributed by atoms with Gasteiger partial charge in [0.1, 0.15) is 5.75 Å². The van der Waals surface area contributed by atoms with Gasteiger partial charge >= 0.3 is 0 Å². The second-order valence-corrected chi connectivity index (χ2v) is 4.56. The molecule has 106 valence electrons. The Morgan fingerprint density at radius 3 is 2.58 bits per heavy atom. The summed E-state index contributed by atoms with van der Waals surface area (Å²) >= 11 is 6.12. The molecular formula is C14H21ClN2O2. The summed E-state index contributed by atoms with van der Waals surface area (Å²) in [6, 6.07) is 5.57. The number of amides is 1. The molecule has 0 aromatic heterocycles. The number of carbonyl (C=O) groups excluding carboxylic acids is 1. The second kappa shape index (κ2) is 8.02. The Bertz CT molecular complexity index is 420. The van der Waals surface area contributed by atoms with Crippen LogP contribution in [0.3, 0.4) is 0 Å². The highest BCUT2D eigenvalue weighted by Gasteiger charge is 2.11. The molecule has 0 fully saturated rings. The number of hydrogen-bond donors (Lipinski definition) is 1. The van der Waals surface area contributed by atoms with Gasteiger partial charge in [0.25, 0.3) is 5.91 Å². The number of likely N-dealkylation sites (N-methyl/N-ethyl adjacent to an activating group) is 1. The number of nitrogens with one attached hydrogen (secondary N) is 1. The van der Waals surface area contributed by atoms with E-state index in [0.29, 0.717) is 23.9 Å². The minimum absolute atomic E-state index is 0.0206. The van der Waals surface area contributed by atoms with E-state index >= 15 is 0 Å². The maximum atomic E-state index is 11.8. The molecule has 0 aliphatic carbocycles. The van der Waals surface area contributed by atoms with Crippen molar-refractivity contribution in [3.63, 3.8) is 0 Å². The van der Waals surface area contributed by atoms with Gasteiger partial charge in [-0.1, -0.05) is 17.7 Å². The topological polar surface area (TPSA) is 41.6 Å². The van der Waals surface area contributed by atoms with Crippen molar-refractivity contribution in [1.29, 1.82) is 0 Å². The quantitative estimate of drug-likeness (QED) is 0.835. The molecule has 4 nitrogen and oxygen atoms in total. The van der Waals surface area contributed by atoms with E-state index in [-0.39, 0.29) is 12.5 Å². The van der Waals surface area contributed by atoms with Crippen LogP contribution in [0.25, 0.3) is 0 Å². The fourth-order valence-electron chi connectivity index (χ4n) is 1.78. The number of ether oxygens (including phenoxy) is 1. The van der Waals surface area contributed by atoms with Crippen LogP contribution in [-0.4, -0.2) is 37.6 Å². The Hall–Kier alpha value is -1.26. The number of rotatable bonds is 7. The van der Waals surface area contributed by atoms with E-state index in [1.807, 2.05) is 33.0 Å². The molecule has 19 heavy (non-hydrogen) atoms. The molecule has 0 saturated heterocycles. The van der Waals surface area contributed by atoms with Crippen molar-refractivity contribution in [3.05, 3.63) is 28.8 Å². The highest BCUT2D eigenvalue weighted by atomic mass is 35.5. The van der Waals surface area contributed by atoms with E-state index in [0.717, 1.165) is 12.1 Å². The first-order valence-electron chi connectivity index (χ1n) is 6.45. The molecule has 0 unspecified atom stereocenters. The van der Waals surface area contributed by atoms with Gasteiger partial charge in [-0.25, -0.2) is 0 Å². The molecule has 1 aromatic carbocycles. The SMILES string of the molecule is CCN(CC)C(=O)COc1ccc(CNC)cc1Cl. The van der Waals surface area contributed by atoms with Gasteiger partial charge in [0.05, 0.1) is 5.02 Å². The van der Waals surface area contributed by atoms with Gasteiger partial charge in [-0.2, -0.15) is 0 Å². The molecule has 0 atom stereocenters. The summed E-state index contributed by atoms with van der Waals surface area (Å²) in [6.07, 6.45) is 0. The van der Waals surface area contributed by atoms with Crippen LogP contribution in [0, 0.1) is 0 Å². The highest BCUT2D eigenvalue weighted by Crippen LogP contribution is 2.25. The molecule has 0 spiro atoms. The summed E-state index contributed by atoms with van der Waals surface area (Å²) in [5, 5.41) is 3.58. The number of carbonyl (C=O) groups is 1. The molecule has 0 heterocycles. The first-order chi connectivity index (χ1) is 9.12. The molecule has 0 radical (unpaired) electrons. The first-order valence-corrected chi connectivity index (χ1v) is 6.83. The number of benzene rings is 1. The van der Waals surface area contributed by atoms with Crippen LogP contribution >= 0.6 is 11.6 Å². The average molecular weight is 285 g/mol. The maximum Gasteiger partial charge on any atom is 0.260 e. The van der Waals surface area contributed by atoms with Crippen LogP contribution in [0.15, 0.2) is 18.2 Å². The van der Waals surface area contributed by atoms with Crippen LogP contribution in [0.1, 0.15) is 19.4 Å². The Morgan fingerprint density at radius 1 is 1.37 bits per heavy atom. The Morgan fingerprint density at radius 2 is 2.05 bits per heavy atom. The maximum absolute atomic E-state index is 11.8. The zero-order valence-corrected chi connectivity index (χ0v) is 12.5. The summed E-state index contributed by atoms with van der Waals surface area (Å²) in [7, 11) is 1.88. The van der Waals surface area contributed by atoms with Gasteiger partial charge in [-0.15, -0.1) is 0 Å². The largest absolute Gasteiger partial charge is 0.482 e. The molecule has 1 rings (SSSR count). The lowest BCUT2D eigenvalue weighted by Gasteiger charge is -2.19. The lowest BCUT2D eigenvalue weighted by Crippen LogP contribution is -2.34. The fourth-order valence-corrected chi connectivity index (χ4v) is 2.04. The third-order valence-electron chi connectivity index (χ3n) is 2.84. The minimum atomic E-state index is -0.0274. The standard InChI is InChI=1S/C14H21ClN2O2/c1-4-17(5-2)14(18)10-19-13-7-6-11(9-16-3)8-12(13)15/h6-8,16H,4-5,9-10H2,1-3H3. The minimum Gasteiger partial charge on any atom is -0.482 e. The second-order valence-electron chi connectivity index (χ2n) is 4.15. The van der Waals surface area contributed by atoms with Gasteiger partial charge in [0.15, 0.2) is 6.61 Å². The van der Waals surface area contributed by atoms with E-state index in [1.165, 1.54) is 0 Å². The molecule has 0 bridgehead atoms. The van der Waals surface area contributed by atoms with Crippen LogP contribution in [0.5, 0.6) is 5.75 Å². The molecule has 1 amide bonds. The predicted molar refractivity (Wildman–Crippen MR) is 77.6 cm³/mol. The summed E-state index contributed by atoms with van der Waals surface area (Å²) in [6.45, 7) is 6.04. The monoisotopic (exact) mass is 284 g/mol. The average Bonchev–Trinajstić information content (AvgIpc) is 2.39. The molecule has 1 N–H and O–H groups in total. The summed E-state index contributed by atoms with van der Waals surface area (Å²) < 4.78 is 5.47. The van der Waals surface area contributed by atoms with Crippen LogP contribution < -0.4 is 10.1 Å². The van der Waals surface area contributed by atoms with E-state index in [1.54, 1.807) is 11.0 Å². The molecule has 0 aliphatic rings. The predicted octanol–water partition coefficient (Wildman–Crippen LogP) is 2.31. The van der Waals surface area contributed by atoms with Gasteiger partial charge in [-0.3, -0.25) is 4.79 Å². The highest BCUT2D eigenvalue weighted by molar-refractivity contribution is 6.32. The summed E-state index contributed by atoms with van der Waals surface area (Å²) in [4.78, 5) is 13.5. The molecular weight excluding hydrogens is 264 g/mol. The zero-order valence-electron chi connectivity index (χ0n) is 11.7. The molecule has 0 aliphatic heterocycles. The van der Waals surface area contributed by atoms with E-state index in [9.17, 15) is 4.79 Å². The van der Waals surface area contributed by atoms with Crippen LogP contribution in [0.2, 0.25) is 5.02 Å². The van der Waals surface area contributed by atoms with E-state index < -0.39 is 0 Å². The summed E-state index contributed by atoms with van der Waals surface area (Å²) in [5.74, 6) is 0.516. The van der Waals surface area contributed by atoms with Gasteiger partial charge in [0, 0.05) is 19.6 Å². The number of hydrogen-bond acceptors (Lipinski definition) is 3. The smallest absolute Gasteiger partial charge is 0.260 e. The third-order valence-corrected chi connectivity index (χ3v) is 3.14. The van der Waals surface area contributed by atoms with Crippen molar-refractivity contribution in [2.75, 3.05) is 26.7 Å². The third kappa shape index (κ3) is 4.73. The van der Waals surface area contributed by atoms with Crippen molar-refractivity contribution in [2.45, 2.75) is 20.4 Å². The van der Waals surface area contributed by atoms with Gasteiger partial charge in [0.2, 0.25) is 0 Å². The van der Waals surface area contributed by atoms with Crippen molar-refractivity contribution < 1.29 is 9.53 Å². The van der Waals surface area contributed by atoms with Crippen LogP contribution in [-0.2, 0) is 11.3 Å². The normalized spacial score (nSPS) is 10.3. The Balaban J connectivity index is 2.60. The van der Waals surface area contributed by atoms with E-state index in [4.69, 9.17) is 16.3 Å². The fraction of sp³-hybridized carbons (Fsp3) is 0.500. The molecule has 0 saturated carbocycles.